The normalized spacial score (nSPS) is 14.9. The minimum Gasteiger partial charge on any atom is -0.491 e. The van der Waals surface area contributed by atoms with Crippen molar-refractivity contribution in [1.82, 2.24) is 0 Å². The fourth-order valence-electron chi connectivity index (χ4n) is 6.43. The zero-order valence-electron chi connectivity index (χ0n) is 29.7. The Morgan fingerprint density at radius 3 is 1.69 bits per heavy atom. The average Bonchev–Trinajstić information content (AvgIpc) is 3.94. The monoisotopic (exact) mass is 650 g/mol. The molecular weight excluding hydrogens is 596 g/mol. The van der Waals surface area contributed by atoms with Crippen molar-refractivity contribution in [3.63, 3.8) is 0 Å². The molecule has 1 aliphatic rings. The SMILES string of the molecule is CCc1cc(Cc2cc(CC)c(NCC(O)COc3ccc(C(C)(C)c4ccc(OCC5CO5)cc4)cc3)c(CC)c2)cc(CC)c1N. The van der Waals surface area contributed by atoms with E-state index in [1.807, 2.05) is 24.3 Å². The van der Waals surface area contributed by atoms with E-state index in [0.717, 1.165) is 61.6 Å². The summed E-state index contributed by atoms with van der Waals surface area (Å²) in [7, 11) is 0. The van der Waals surface area contributed by atoms with Crippen LogP contribution in [0.15, 0.2) is 72.8 Å². The first-order valence-electron chi connectivity index (χ1n) is 17.7. The number of nitrogens with two attached hydrogens (primary N) is 1. The highest BCUT2D eigenvalue weighted by Crippen LogP contribution is 2.34. The van der Waals surface area contributed by atoms with Gasteiger partial charge in [0.05, 0.1) is 6.61 Å². The fourth-order valence-corrected chi connectivity index (χ4v) is 6.43. The molecule has 0 aromatic heterocycles. The molecule has 0 saturated carbocycles. The minimum atomic E-state index is -0.655. The van der Waals surface area contributed by atoms with Gasteiger partial charge in [-0.2, -0.15) is 0 Å². The van der Waals surface area contributed by atoms with Gasteiger partial charge < -0.3 is 30.4 Å². The van der Waals surface area contributed by atoms with E-state index >= 15 is 0 Å². The van der Waals surface area contributed by atoms with Crippen LogP contribution in [-0.2, 0) is 42.3 Å². The minimum absolute atomic E-state index is 0.185. The summed E-state index contributed by atoms with van der Waals surface area (Å²) in [4.78, 5) is 0. The number of nitrogen functional groups attached to an aromatic ring is 1. The van der Waals surface area contributed by atoms with E-state index in [1.165, 1.54) is 44.5 Å². The van der Waals surface area contributed by atoms with E-state index in [-0.39, 0.29) is 18.1 Å². The number of benzene rings is 4. The highest BCUT2D eigenvalue weighted by molar-refractivity contribution is 5.61. The van der Waals surface area contributed by atoms with Gasteiger partial charge in [-0.05, 0) is 101 Å². The number of aryl methyl sites for hydroxylation is 4. The number of rotatable bonds is 17. The van der Waals surface area contributed by atoms with Crippen LogP contribution in [0.5, 0.6) is 11.5 Å². The highest BCUT2D eigenvalue weighted by Gasteiger charge is 2.25. The van der Waals surface area contributed by atoms with Crippen LogP contribution in [0.4, 0.5) is 11.4 Å². The van der Waals surface area contributed by atoms with Crippen molar-refractivity contribution in [2.45, 2.75) is 91.3 Å². The van der Waals surface area contributed by atoms with Gasteiger partial charge in [0, 0.05) is 23.3 Å². The second-order valence-electron chi connectivity index (χ2n) is 13.5. The molecule has 1 saturated heterocycles. The van der Waals surface area contributed by atoms with Gasteiger partial charge in [-0.3, -0.25) is 0 Å². The van der Waals surface area contributed by atoms with Crippen LogP contribution in [0.25, 0.3) is 0 Å². The lowest BCUT2D eigenvalue weighted by Crippen LogP contribution is -2.27. The van der Waals surface area contributed by atoms with Crippen LogP contribution in [0.1, 0.15) is 86.1 Å². The molecule has 1 heterocycles. The molecule has 0 amide bonds. The van der Waals surface area contributed by atoms with Crippen molar-refractivity contribution in [3.8, 4) is 11.5 Å². The lowest BCUT2D eigenvalue weighted by atomic mass is 9.78. The zero-order chi connectivity index (χ0) is 34.3. The molecular formula is C42H54N2O4. The molecule has 0 spiro atoms. The van der Waals surface area contributed by atoms with Gasteiger partial charge in [-0.1, -0.05) is 90.1 Å². The summed E-state index contributed by atoms with van der Waals surface area (Å²) in [5.41, 5.74) is 18.3. The van der Waals surface area contributed by atoms with Crippen molar-refractivity contribution in [2.75, 3.05) is 37.4 Å². The van der Waals surface area contributed by atoms with Gasteiger partial charge >= 0.3 is 0 Å². The van der Waals surface area contributed by atoms with Crippen molar-refractivity contribution >= 4 is 11.4 Å². The summed E-state index contributed by atoms with van der Waals surface area (Å²) in [6, 6.07) is 25.7. The summed E-state index contributed by atoms with van der Waals surface area (Å²) < 4.78 is 17.0. The topological polar surface area (TPSA) is 89.3 Å². The van der Waals surface area contributed by atoms with E-state index in [9.17, 15) is 5.11 Å². The number of aliphatic hydroxyl groups excluding tert-OH is 1. The molecule has 1 fully saturated rings. The maximum absolute atomic E-state index is 10.9. The van der Waals surface area contributed by atoms with E-state index in [2.05, 4.69) is 95.4 Å². The lowest BCUT2D eigenvalue weighted by molar-refractivity contribution is 0.117. The predicted octanol–water partition coefficient (Wildman–Crippen LogP) is 8.06. The van der Waals surface area contributed by atoms with Crippen LogP contribution >= 0.6 is 0 Å². The molecule has 48 heavy (non-hydrogen) atoms. The number of aliphatic hydroxyl groups is 1. The second kappa shape index (κ2) is 15.9. The van der Waals surface area contributed by atoms with Crippen molar-refractivity contribution in [3.05, 3.63) is 117 Å². The number of hydrogen-bond donors (Lipinski definition) is 3. The molecule has 256 valence electrons. The summed E-state index contributed by atoms with van der Waals surface area (Å²) in [6.45, 7) is 15.2. The molecule has 5 rings (SSSR count). The molecule has 6 nitrogen and oxygen atoms in total. The molecule has 0 radical (unpaired) electrons. The third kappa shape index (κ3) is 8.72. The third-order valence-electron chi connectivity index (χ3n) is 9.65. The van der Waals surface area contributed by atoms with Crippen LogP contribution in [0.3, 0.4) is 0 Å². The Morgan fingerprint density at radius 1 is 0.771 bits per heavy atom. The fraction of sp³-hybridized carbons (Fsp3) is 0.429. The van der Waals surface area contributed by atoms with Gasteiger partial charge in [0.1, 0.15) is 36.9 Å². The van der Waals surface area contributed by atoms with Crippen LogP contribution in [-0.4, -0.2) is 43.7 Å². The van der Waals surface area contributed by atoms with Gasteiger partial charge in [-0.25, -0.2) is 0 Å². The molecule has 6 heteroatoms. The Bertz CT molecular complexity index is 1590. The van der Waals surface area contributed by atoms with Crippen molar-refractivity contribution < 1.29 is 19.3 Å². The number of nitrogens with one attached hydrogen (secondary N) is 1. The maximum atomic E-state index is 10.9. The Kier molecular flexibility index (Phi) is 11.7. The Morgan fingerprint density at radius 2 is 1.23 bits per heavy atom. The largest absolute Gasteiger partial charge is 0.491 e. The first-order chi connectivity index (χ1) is 23.1. The third-order valence-corrected chi connectivity index (χ3v) is 9.65. The first-order valence-corrected chi connectivity index (χ1v) is 17.7. The Balaban J connectivity index is 1.17. The Labute approximate surface area is 287 Å². The van der Waals surface area contributed by atoms with Gasteiger partial charge in [0.2, 0.25) is 0 Å². The number of epoxide rings is 1. The standard InChI is InChI=1S/C42H54N2O4/c1-7-30-20-28(21-31(8-2)40(30)43)19-29-22-32(9-3)41(33(10-4)23-29)44-24-36(45)25-46-37-15-11-34(12-16-37)42(5,6)35-13-17-38(18-14-35)47-26-39-27-48-39/h11-18,20-23,36,39,44-45H,7-10,19,24-27,43H2,1-6H3. The average molecular weight is 651 g/mol. The second-order valence-corrected chi connectivity index (χ2v) is 13.5. The van der Waals surface area contributed by atoms with Crippen LogP contribution < -0.4 is 20.5 Å². The van der Waals surface area contributed by atoms with Crippen LogP contribution in [0, 0.1) is 0 Å². The molecule has 2 atom stereocenters. The van der Waals surface area contributed by atoms with E-state index in [0.29, 0.717) is 13.2 Å². The molecule has 4 aromatic carbocycles. The quantitative estimate of drug-likeness (QED) is 0.0792. The Hall–Kier alpha value is -4.00. The van der Waals surface area contributed by atoms with Crippen molar-refractivity contribution in [1.29, 1.82) is 0 Å². The zero-order valence-corrected chi connectivity index (χ0v) is 29.7. The predicted molar refractivity (Wildman–Crippen MR) is 198 cm³/mol. The summed E-state index contributed by atoms with van der Waals surface area (Å²) in [6.07, 6.45) is 4.17. The lowest BCUT2D eigenvalue weighted by Gasteiger charge is -2.26. The number of ether oxygens (including phenoxy) is 3. The number of anilines is 2. The van der Waals surface area contributed by atoms with Gasteiger partial charge in [0.15, 0.2) is 0 Å². The summed E-state index contributed by atoms with van der Waals surface area (Å²) in [5, 5.41) is 14.4. The van der Waals surface area contributed by atoms with Gasteiger partial charge in [-0.15, -0.1) is 0 Å². The molecule has 0 bridgehead atoms. The summed E-state index contributed by atoms with van der Waals surface area (Å²) >= 11 is 0. The van der Waals surface area contributed by atoms with E-state index in [4.69, 9.17) is 19.9 Å². The molecule has 4 aromatic rings. The van der Waals surface area contributed by atoms with E-state index in [1.54, 1.807) is 0 Å². The van der Waals surface area contributed by atoms with Crippen LogP contribution in [0.2, 0.25) is 0 Å². The molecule has 2 unspecified atom stereocenters. The van der Waals surface area contributed by atoms with Gasteiger partial charge in [0.25, 0.3) is 0 Å². The van der Waals surface area contributed by atoms with E-state index < -0.39 is 6.10 Å². The molecule has 1 aliphatic heterocycles. The highest BCUT2D eigenvalue weighted by atomic mass is 16.6. The molecule has 0 aliphatic carbocycles. The first kappa shape index (κ1) is 35.3. The molecule has 4 N–H and O–H groups in total. The summed E-state index contributed by atoms with van der Waals surface area (Å²) in [5.74, 6) is 1.61. The maximum Gasteiger partial charge on any atom is 0.119 e. The smallest absolute Gasteiger partial charge is 0.119 e. The van der Waals surface area contributed by atoms with Crippen molar-refractivity contribution in [2.24, 2.45) is 0 Å². The number of hydrogen-bond acceptors (Lipinski definition) is 6.